The van der Waals surface area contributed by atoms with E-state index in [-0.39, 0.29) is 12.4 Å². The van der Waals surface area contributed by atoms with Gasteiger partial charge in [0, 0.05) is 23.9 Å². The third kappa shape index (κ3) is 4.91. The van der Waals surface area contributed by atoms with Crippen LogP contribution in [-0.4, -0.2) is 58.7 Å². The molecule has 0 aromatic heterocycles. The molecule has 158 valence electrons. The van der Waals surface area contributed by atoms with E-state index in [9.17, 15) is 8.42 Å². The zero-order valence-electron chi connectivity index (χ0n) is 16.7. The molecule has 1 aliphatic heterocycles. The van der Waals surface area contributed by atoms with Gasteiger partial charge in [-0.05, 0) is 18.2 Å². The molecule has 1 saturated heterocycles. The van der Waals surface area contributed by atoms with Crippen molar-refractivity contribution < 1.29 is 27.4 Å². The molecule has 0 bridgehead atoms. The molecule has 3 rings (SSSR count). The van der Waals surface area contributed by atoms with Crippen LogP contribution in [0.5, 0.6) is 23.0 Å². The second kappa shape index (κ2) is 9.60. The van der Waals surface area contributed by atoms with Crippen molar-refractivity contribution >= 4 is 21.8 Å². The minimum atomic E-state index is -3.53. The van der Waals surface area contributed by atoms with Gasteiger partial charge in [-0.1, -0.05) is 18.2 Å². The van der Waals surface area contributed by atoms with Crippen LogP contribution in [0, 0.1) is 0 Å². The van der Waals surface area contributed by atoms with Gasteiger partial charge in [-0.15, -0.1) is 11.8 Å². The highest BCUT2D eigenvalue weighted by molar-refractivity contribution is 8.01. The first kappa shape index (κ1) is 21.6. The second-order valence-corrected chi connectivity index (χ2v) is 9.49. The Bertz CT molecular complexity index is 920. The van der Waals surface area contributed by atoms with Crippen molar-refractivity contribution in [1.29, 1.82) is 0 Å². The molecule has 1 aliphatic rings. The molecule has 0 N–H and O–H groups in total. The topological polar surface area (TPSA) is 74.3 Å². The molecule has 7 nitrogen and oxygen atoms in total. The van der Waals surface area contributed by atoms with Crippen LogP contribution in [0.2, 0.25) is 0 Å². The van der Waals surface area contributed by atoms with Crippen LogP contribution in [0.3, 0.4) is 0 Å². The summed E-state index contributed by atoms with van der Waals surface area (Å²) in [5, 5.41) is -0.397. The van der Waals surface area contributed by atoms with Crippen LogP contribution < -0.4 is 18.9 Å². The summed E-state index contributed by atoms with van der Waals surface area (Å²) in [7, 11) is 1.12. The molecule has 2 aromatic rings. The average Bonchev–Trinajstić information content (AvgIpc) is 3.24. The lowest BCUT2D eigenvalue weighted by atomic mass is 10.1. The van der Waals surface area contributed by atoms with E-state index in [0.717, 1.165) is 5.56 Å². The minimum Gasteiger partial charge on any atom is -0.496 e. The number of methoxy groups -OCH3 is 3. The predicted octanol–water partition coefficient (Wildman–Crippen LogP) is 3.17. The summed E-state index contributed by atoms with van der Waals surface area (Å²) in [4.78, 5) is 0. The first-order valence-electron chi connectivity index (χ1n) is 9.09. The predicted molar refractivity (Wildman–Crippen MR) is 114 cm³/mol. The Morgan fingerprint density at radius 2 is 1.66 bits per heavy atom. The van der Waals surface area contributed by atoms with Crippen LogP contribution in [0.15, 0.2) is 42.5 Å². The fourth-order valence-electron chi connectivity index (χ4n) is 3.13. The molecule has 0 spiro atoms. The standard InChI is InChI=1S/C20H25NO6S2/c1-24-17-14-19(26-3)18(25-2)13-16(17)20-21(9-11-28-20)29(22,23)12-10-27-15-7-5-4-6-8-15/h4-8,13-14,20H,9-12H2,1-3H3. The van der Waals surface area contributed by atoms with Crippen LogP contribution in [0.4, 0.5) is 0 Å². The fraction of sp³-hybridized carbons (Fsp3) is 0.400. The number of hydrogen-bond acceptors (Lipinski definition) is 7. The lowest BCUT2D eigenvalue weighted by Crippen LogP contribution is -2.34. The van der Waals surface area contributed by atoms with E-state index in [2.05, 4.69) is 0 Å². The van der Waals surface area contributed by atoms with E-state index in [1.54, 1.807) is 57.4 Å². The SMILES string of the molecule is COc1cc(OC)c(C2SCCN2S(=O)(=O)CCOc2ccccc2)cc1OC. The molecule has 1 heterocycles. The van der Waals surface area contributed by atoms with Crippen molar-refractivity contribution in [3.63, 3.8) is 0 Å². The van der Waals surface area contributed by atoms with Crippen molar-refractivity contribution in [1.82, 2.24) is 4.31 Å². The van der Waals surface area contributed by atoms with Gasteiger partial charge in [0.05, 0.1) is 32.5 Å². The molecule has 29 heavy (non-hydrogen) atoms. The Morgan fingerprint density at radius 3 is 2.31 bits per heavy atom. The van der Waals surface area contributed by atoms with Gasteiger partial charge in [0.2, 0.25) is 10.0 Å². The van der Waals surface area contributed by atoms with Gasteiger partial charge in [-0.2, -0.15) is 4.31 Å². The highest BCUT2D eigenvalue weighted by Gasteiger charge is 2.37. The molecule has 1 atom stereocenters. The van der Waals surface area contributed by atoms with Crippen LogP contribution >= 0.6 is 11.8 Å². The number of hydrogen-bond donors (Lipinski definition) is 0. The van der Waals surface area contributed by atoms with Crippen molar-refractivity contribution in [2.24, 2.45) is 0 Å². The van der Waals surface area contributed by atoms with Crippen LogP contribution in [0.1, 0.15) is 10.9 Å². The third-order valence-corrected chi connectivity index (χ3v) is 7.73. The van der Waals surface area contributed by atoms with E-state index < -0.39 is 15.4 Å². The molecule has 9 heteroatoms. The maximum absolute atomic E-state index is 13.0. The van der Waals surface area contributed by atoms with Gasteiger partial charge in [0.1, 0.15) is 18.1 Å². The first-order valence-corrected chi connectivity index (χ1v) is 11.7. The zero-order chi connectivity index (χ0) is 20.9. The van der Waals surface area contributed by atoms with E-state index in [1.165, 1.54) is 4.31 Å². The monoisotopic (exact) mass is 439 g/mol. The minimum absolute atomic E-state index is 0.0866. The number of thioether (sulfide) groups is 1. The van der Waals surface area contributed by atoms with Gasteiger partial charge in [-0.25, -0.2) is 8.42 Å². The van der Waals surface area contributed by atoms with Gasteiger partial charge >= 0.3 is 0 Å². The first-order chi connectivity index (χ1) is 14.0. The van der Waals surface area contributed by atoms with E-state index >= 15 is 0 Å². The Balaban J connectivity index is 1.80. The number of sulfonamides is 1. The number of nitrogens with zero attached hydrogens (tertiary/aromatic N) is 1. The molecule has 0 aliphatic carbocycles. The average molecular weight is 440 g/mol. The quantitative estimate of drug-likeness (QED) is 0.594. The second-order valence-electron chi connectivity index (χ2n) is 6.26. The molecular weight excluding hydrogens is 414 g/mol. The number of rotatable bonds is 9. The number of ether oxygens (including phenoxy) is 4. The van der Waals surface area contributed by atoms with Crippen LogP contribution in [-0.2, 0) is 10.0 Å². The maximum atomic E-state index is 13.0. The van der Waals surface area contributed by atoms with E-state index in [4.69, 9.17) is 18.9 Å². The lowest BCUT2D eigenvalue weighted by molar-refractivity contribution is 0.333. The normalized spacial score (nSPS) is 17.1. The Hall–Kier alpha value is -2.10. The summed E-state index contributed by atoms with van der Waals surface area (Å²) in [6.45, 7) is 0.518. The summed E-state index contributed by atoms with van der Waals surface area (Å²) >= 11 is 1.55. The number of para-hydroxylation sites is 1. The molecule has 0 saturated carbocycles. The summed E-state index contributed by atoms with van der Waals surface area (Å²) < 4.78 is 49.4. The van der Waals surface area contributed by atoms with Crippen molar-refractivity contribution in [3.8, 4) is 23.0 Å². The maximum Gasteiger partial charge on any atom is 0.218 e. The molecule has 1 fully saturated rings. The Morgan fingerprint density at radius 1 is 1.00 bits per heavy atom. The molecule has 0 radical (unpaired) electrons. The van der Waals surface area contributed by atoms with E-state index in [0.29, 0.717) is 35.3 Å². The van der Waals surface area contributed by atoms with Gasteiger partial charge in [0.15, 0.2) is 11.5 Å². The molecule has 2 aromatic carbocycles. The molecule has 1 unspecified atom stereocenters. The highest BCUT2D eigenvalue weighted by atomic mass is 32.2. The third-order valence-electron chi connectivity index (χ3n) is 4.56. The Labute approximate surface area is 176 Å². The van der Waals surface area contributed by atoms with Crippen molar-refractivity contribution in [2.75, 3.05) is 46.0 Å². The summed E-state index contributed by atoms with van der Waals surface area (Å²) in [5.41, 5.74) is 0.736. The molecule has 0 amide bonds. The van der Waals surface area contributed by atoms with Gasteiger partial charge < -0.3 is 18.9 Å². The van der Waals surface area contributed by atoms with Gasteiger partial charge in [0.25, 0.3) is 0 Å². The fourth-order valence-corrected chi connectivity index (χ4v) is 6.28. The largest absolute Gasteiger partial charge is 0.496 e. The molecular formula is C20H25NO6S2. The van der Waals surface area contributed by atoms with Crippen molar-refractivity contribution in [2.45, 2.75) is 5.37 Å². The lowest BCUT2D eigenvalue weighted by Gasteiger charge is -2.25. The van der Waals surface area contributed by atoms with Crippen molar-refractivity contribution in [3.05, 3.63) is 48.0 Å². The summed E-state index contributed by atoms with van der Waals surface area (Å²) in [6.07, 6.45) is 0. The van der Waals surface area contributed by atoms with Gasteiger partial charge in [-0.3, -0.25) is 0 Å². The Kier molecular flexibility index (Phi) is 7.15. The number of benzene rings is 2. The highest BCUT2D eigenvalue weighted by Crippen LogP contribution is 2.47. The van der Waals surface area contributed by atoms with Crippen LogP contribution in [0.25, 0.3) is 0 Å². The zero-order valence-corrected chi connectivity index (χ0v) is 18.3. The van der Waals surface area contributed by atoms with E-state index in [1.807, 2.05) is 18.2 Å². The summed E-state index contributed by atoms with van der Waals surface area (Å²) in [6, 6.07) is 12.7. The smallest absolute Gasteiger partial charge is 0.218 e. The summed E-state index contributed by atoms with van der Waals surface area (Å²) in [5.74, 6) is 2.86.